The fourth-order valence-electron chi connectivity index (χ4n) is 2.98. The number of benzene rings is 2. The number of hydrogen-bond donors (Lipinski definition) is 2. The van der Waals surface area contributed by atoms with Gasteiger partial charge in [0.2, 0.25) is 0 Å². The summed E-state index contributed by atoms with van der Waals surface area (Å²) in [5, 5.41) is 17.2. The average molecular weight is 416 g/mol. The molecule has 0 aliphatic carbocycles. The fourth-order valence-corrected chi connectivity index (χ4v) is 2.98. The molecule has 0 aliphatic heterocycles. The molecule has 0 aromatic heterocycles. The molecule has 0 saturated heterocycles. The molecule has 0 heterocycles. The number of amides is 1. The predicted molar refractivity (Wildman–Crippen MR) is 115 cm³/mol. The number of anilines is 1. The Kier molecular flexibility index (Phi) is 8.57. The molecule has 0 fully saturated rings. The van der Waals surface area contributed by atoms with Gasteiger partial charge in [-0.1, -0.05) is 12.1 Å². The van der Waals surface area contributed by atoms with Crippen molar-refractivity contribution in [3.8, 4) is 5.75 Å². The van der Waals surface area contributed by atoms with E-state index >= 15 is 0 Å². The molecule has 2 aromatic carbocycles. The lowest BCUT2D eigenvalue weighted by Gasteiger charge is -2.25. The molecule has 9 heteroatoms. The molecule has 0 saturated carbocycles. The van der Waals surface area contributed by atoms with E-state index in [0.29, 0.717) is 25.4 Å². The third kappa shape index (κ3) is 6.16. The standard InChI is InChI=1S/C21H28N4O5/c1-24(2)20(15-5-8-17(30-4)9-6-15)14-23-21(26)16-7-10-18(22-11-12-29-3)19(13-16)25(27)28/h5-10,13,20,22H,11-12,14H2,1-4H3,(H,23,26). The number of nitrogens with zero attached hydrogens (tertiary/aromatic N) is 2. The van der Waals surface area contributed by atoms with Crippen LogP contribution in [0.15, 0.2) is 42.5 Å². The minimum absolute atomic E-state index is 0.0650. The van der Waals surface area contributed by atoms with Gasteiger partial charge in [-0.3, -0.25) is 14.9 Å². The summed E-state index contributed by atoms with van der Waals surface area (Å²) in [7, 11) is 7.01. The van der Waals surface area contributed by atoms with Crippen LogP contribution in [0.1, 0.15) is 22.0 Å². The van der Waals surface area contributed by atoms with Gasteiger partial charge in [0.15, 0.2) is 0 Å². The van der Waals surface area contributed by atoms with Gasteiger partial charge in [0.1, 0.15) is 11.4 Å². The molecule has 30 heavy (non-hydrogen) atoms. The zero-order valence-electron chi connectivity index (χ0n) is 17.7. The van der Waals surface area contributed by atoms with E-state index in [1.165, 1.54) is 12.1 Å². The summed E-state index contributed by atoms with van der Waals surface area (Å²) in [6.07, 6.45) is 0. The Morgan fingerprint density at radius 1 is 1.17 bits per heavy atom. The summed E-state index contributed by atoms with van der Waals surface area (Å²) in [4.78, 5) is 25.5. The minimum atomic E-state index is -0.508. The third-order valence-electron chi connectivity index (χ3n) is 4.66. The maximum Gasteiger partial charge on any atom is 0.293 e. The lowest BCUT2D eigenvalue weighted by Crippen LogP contribution is -2.34. The molecule has 0 spiro atoms. The summed E-state index contributed by atoms with van der Waals surface area (Å²) >= 11 is 0. The molecular formula is C21H28N4O5. The summed E-state index contributed by atoms with van der Waals surface area (Å²) in [5.74, 6) is 0.383. The second-order valence-electron chi connectivity index (χ2n) is 6.87. The zero-order valence-corrected chi connectivity index (χ0v) is 17.7. The topological polar surface area (TPSA) is 106 Å². The highest BCUT2D eigenvalue weighted by Crippen LogP contribution is 2.26. The average Bonchev–Trinajstić information content (AvgIpc) is 2.74. The number of carbonyl (C=O) groups excluding carboxylic acids is 1. The lowest BCUT2D eigenvalue weighted by molar-refractivity contribution is -0.384. The van der Waals surface area contributed by atoms with Crippen molar-refractivity contribution in [2.75, 3.05) is 53.3 Å². The number of ether oxygens (including phenoxy) is 2. The maximum atomic E-state index is 12.6. The van der Waals surface area contributed by atoms with Crippen LogP contribution in [-0.2, 0) is 4.74 Å². The van der Waals surface area contributed by atoms with E-state index in [4.69, 9.17) is 9.47 Å². The van der Waals surface area contributed by atoms with Crippen molar-refractivity contribution in [2.45, 2.75) is 6.04 Å². The van der Waals surface area contributed by atoms with Gasteiger partial charge in [0.05, 0.1) is 24.7 Å². The van der Waals surface area contributed by atoms with Crippen molar-refractivity contribution < 1.29 is 19.2 Å². The van der Waals surface area contributed by atoms with Crippen molar-refractivity contribution >= 4 is 17.3 Å². The second-order valence-corrected chi connectivity index (χ2v) is 6.87. The van der Waals surface area contributed by atoms with Gasteiger partial charge in [0, 0.05) is 31.8 Å². The lowest BCUT2D eigenvalue weighted by atomic mass is 10.1. The first-order chi connectivity index (χ1) is 14.4. The van der Waals surface area contributed by atoms with E-state index < -0.39 is 4.92 Å². The Hall–Kier alpha value is -3.17. The first kappa shape index (κ1) is 23.1. The molecular weight excluding hydrogens is 388 g/mol. The van der Waals surface area contributed by atoms with E-state index in [-0.39, 0.29) is 23.2 Å². The third-order valence-corrected chi connectivity index (χ3v) is 4.66. The van der Waals surface area contributed by atoms with Crippen molar-refractivity contribution in [1.29, 1.82) is 0 Å². The van der Waals surface area contributed by atoms with Crippen molar-refractivity contribution in [3.05, 3.63) is 63.7 Å². The molecule has 0 aliphatic rings. The predicted octanol–water partition coefficient (Wildman–Crippen LogP) is 2.69. The van der Waals surface area contributed by atoms with Crippen LogP contribution in [0, 0.1) is 10.1 Å². The largest absolute Gasteiger partial charge is 0.497 e. The van der Waals surface area contributed by atoms with Crippen LogP contribution in [0.25, 0.3) is 0 Å². The van der Waals surface area contributed by atoms with E-state index in [2.05, 4.69) is 10.6 Å². The zero-order chi connectivity index (χ0) is 22.1. The molecule has 9 nitrogen and oxygen atoms in total. The number of hydrogen-bond acceptors (Lipinski definition) is 7. The SMILES string of the molecule is COCCNc1ccc(C(=O)NCC(c2ccc(OC)cc2)N(C)C)cc1[N+](=O)[O-]. The Labute approximate surface area is 176 Å². The van der Waals surface area contributed by atoms with Crippen LogP contribution in [0.2, 0.25) is 0 Å². The van der Waals surface area contributed by atoms with Crippen molar-refractivity contribution in [1.82, 2.24) is 10.2 Å². The van der Waals surface area contributed by atoms with Crippen molar-refractivity contribution in [3.63, 3.8) is 0 Å². The number of methoxy groups -OCH3 is 2. The number of rotatable bonds is 11. The van der Waals surface area contributed by atoms with Crippen LogP contribution in [0.5, 0.6) is 5.75 Å². The maximum absolute atomic E-state index is 12.6. The molecule has 1 unspecified atom stereocenters. The Bertz CT molecular complexity index is 855. The van der Waals surface area contributed by atoms with Crippen LogP contribution < -0.4 is 15.4 Å². The van der Waals surface area contributed by atoms with Crippen LogP contribution in [0.3, 0.4) is 0 Å². The Balaban J connectivity index is 2.11. The number of nitrogens with one attached hydrogen (secondary N) is 2. The van der Waals surface area contributed by atoms with Gasteiger partial charge in [-0.15, -0.1) is 0 Å². The van der Waals surface area contributed by atoms with Crippen LogP contribution in [-0.4, -0.2) is 63.7 Å². The number of carbonyl (C=O) groups is 1. The Morgan fingerprint density at radius 3 is 2.43 bits per heavy atom. The summed E-state index contributed by atoms with van der Waals surface area (Å²) < 4.78 is 10.1. The normalized spacial score (nSPS) is 11.8. The summed E-state index contributed by atoms with van der Waals surface area (Å²) in [5.41, 5.74) is 1.44. The highest BCUT2D eigenvalue weighted by molar-refractivity contribution is 5.95. The van der Waals surface area contributed by atoms with Crippen LogP contribution in [0.4, 0.5) is 11.4 Å². The Morgan fingerprint density at radius 2 is 1.87 bits per heavy atom. The van der Waals surface area contributed by atoms with Gasteiger partial charge in [-0.25, -0.2) is 0 Å². The first-order valence-electron chi connectivity index (χ1n) is 9.47. The molecule has 0 radical (unpaired) electrons. The highest BCUT2D eigenvalue weighted by atomic mass is 16.6. The fraction of sp³-hybridized carbons (Fsp3) is 0.381. The molecule has 2 rings (SSSR count). The molecule has 2 aromatic rings. The minimum Gasteiger partial charge on any atom is -0.497 e. The summed E-state index contributed by atoms with van der Waals surface area (Å²) in [6.45, 7) is 1.19. The molecule has 1 amide bonds. The van der Waals surface area contributed by atoms with E-state index in [1.807, 2.05) is 43.3 Å². The van der Waals surface area contributed by atoms with Gasteiger partial charge in [-0.05, 0) is 43.9 Å². The number of nitro benzene ring substituents is 1. The highest BCUT2D eigenvalue weighted by Gasteiger charge is 2.19. The van der Waals surface area contributed by atoms with E-state index in [0.717, 1.165) is 11.3 Å². The van der Waals surface area contributed by atoms with Gasteiger partial charge >= 0.3 is 0 Å². The molecule has 0 bridgehead atoms. The molecule has 2 N–H and O–H groups in total. The first-order valence-corrected chi connectivity index (χ1v) is 9.47. The number of likely N-dealkylation sites (N-methyl/N-ethyl adjacent to an activating group) is 1. The molecule has 1 atom stereocenters. The van der Waals surface area contributed by atoms with Crippen molar-refractivity contribution in [2.24, 2.45) is 0 Å². The number of nitro groups is 1. The monoisotopic (exact) mass is 416 g/mol. The molecule has 162 valence electrons. The van der Waals surface area contributed by atoms with Gasteiger partial charge < -0.3 is 25.0 Å². The van der Waals surface area contributed by atoms with Crippen LogP contribution >= 0.6 is 0 Å². The van der Waals surface area contributed by atoms with Gasteiger partial charge in [-0.2, -0.15) is 0 Å². The summed E-state index contributed by atoms with van der Waals surface area (Å²) in [6, 6.07) is 11.9. The van der Waals surface area contributed by atoms with E-state index in [9.17, 15) is 14.9 Å². The second kappa shape index (κ2) is 11.1. The van der Waals surface area contributed by atoms with E-state index in [1.54, 1.807) is 20.3 Å². The smallest absolute Gasteiger partial charge is 0.293 e. The van der Waals surface area contributed by atoms with Gasteiger partial charge in [0.25, 0.3) is 11.6 Å². The quantitative estimate of drug-likeness (QED) is 0.330.